The summed E-state index contributed by atoms with van der Waals surface area (Å²) < 4.78 is 11.4. The highest BCUT2D eigenvalue weighted by Crippen LogP contribution is 2.31. The van der Waals surface area contributed by atoms with Crippen molar-refractivity contribution in [3.05, 3.63) is 30.5 Å². The first-order valence-corrected chi connectivity index (χ1v) is 10.2. The Hall–Kier alpha value is -1.99. The molecule has 3 rings (SSSR count). The van der Waals surface area contributed by atoms with Crippen molar-refractivity contribution < 1.29 is 9.47 Å². The van der Waals surface area contributed by atoms with Crippen LogP contribution in [0.15, 0.2) is 35.6 Å². The van der Waals surface area contributed by atoms with Gasteiger partial charge in [0.15, 0.2) is 16.7 Å². The Balaban J connectivity index is 1.59. The molecular weight excluding hydrogens is 348 g/mol. The molecule has 1 aliphatic heterocycles. The summed E-state index contributed by atoms with van der Waals surface area (Å²) in [5, 5.41) is 4.04. The maximum absolute atomic E-state index is 5.98. The number of thioether (sulfide) groups is 1. The molecule has 0 aliphatic carbocycles. The van der Waals surface area contributed by atoms with Gasteiger partial charge in [0.2, 0.25) is 0 Å². The number of nitrogens with zero attached hydrogens (tertiary/aromatic N) is 3. The van der Waals surface area contributed by atoms with Crippen LogP contribution in [-0.2, 0) is 0 Å². The van der Waals surface area contributed by atoms with Gasteiger partial charge in [0.05, 0.1) is 13.7 Å². The Labute approximate surface area is 159 Å². The second-order valence-corrected chi connectivity index (χ2v) is 6.94. The number of likely N-dealkylation sites (tertiary alicyclic amines) is 1. The number of nitrogens with one attached hydrogen (secondary N) is 1. The number of methoxy groups -OCH3 is 1. The van der Waals surface area contributed by atoms with Gasteiger partial charge in [0.1, 0.15) is 5.82 Å². The molecule has 6 nitrogen and oxygen atoms in total. The monoisotopic (exact) mass is 374 g/mol. The summed E-state index contributed by atoms with van der Waals surface area (Å²) in [4.78, 5) is 11.1. The summed E-state index contributed by atoms with van der Waals surface area (Å²) in [5.41, 5.74) is 0.908. The van der Waals surface area contributed by atoms with Crippen LogP contribution in [0.4, 0.5) is 11.5 Å². The van der Waals surface area contributed by atoms with E-state index in [0.717, 1.165) is 41.1 Å². The molecule has 0 saturated carbocycles. The molecule has 1 saturated heterocycles. The van der Waals surface area contributed by atoms with Crippen molar-refractivity contribution in [1.29, 1.82) is 0 Å². The predicted molar refractivity (Wildman–Crippen MR) is 106 cm³/mol. The van der Waals surface area contributed by atoms with Crippen LogP contribution in [0.3, 0.4) is 0 Å². The Morgan fingerprint density at radius 3 is 2.81 bits per heavy atom. The highest BCUT2D eigenvalue weighted by molar-refractivity contribution is 7.98. The normalized spacial score (nSPS) is 14.4. The van der Waals surface area contributed by atoms with Gasteiger partial charge in [-0.25, -0.2) is 9.97 Å². The van der Waals surface area contributed by atoms with Crippen LogP contribution in [0, 0.1) is 0 Å². The smallest absolute Gasteiger partial charge is 0.189 e. The van der Waals surface area contributed by atoms with E-state index in [1.54, 1.807) is 13.3 Å². The summed E-state index contributed by atoms with van der Waals surface area (Å²) in [7, 11) is 1.66. The molecule has 0 atom stereocenters. The minimum absolute atomic E-state index is 0.681. The lowest BCUT2D eigenvalue weighted by Gasteiger charge is -2.16. The second-order valence-electron chi connectivity index (χ2n) is 6.17. The zero-order valence-corrected chi connectivity index (χ0v) is 16.2. The van der Waals surface area contributed by atoms with E-state index in [-0.39, 0.29) is 0 Å². The summed E-state index contributed by atoms with van der Waals surface area (Å²) in [6.07, 6.45) is 7.37. The van der Waals surface area contributed by atoms with E-state index in [1.807, 2.05) is 30.5 Å². The number of ether oxygens (including phenoxy) is 2. The lowest BCUT2D eigenvalue weighted by Crippen LogP contribution is -2.21. The van der Waals surface area contributed by atoms with E-state index in [9.17, 15) is 0 Å². The molecule has 0 spiro atoms. The highest BCUT2D eigenvalue weighted by atomic mass is 32.2. The molecular formula is C19H26N4O2S. The molecule has 1 N–H and O–H groups in total. The Bertz CT molecular complexity index is 708. The first-order chi connectivity index (χ1) is 12.8. The van der Waals surface area contributed by atoms with E-state index in [0.29, 0.717) is 6.61 Å². The first-order valence-electron chi connectivity index (χ1n) is 8.96. The third-order valence-electron chi connectivity index (χ3n) is 4.33. The Kier molecular flexibility index (Phi) is 6.96. The van der Waals surface area contributed by atoms with Crippen molar-refractivity contribution in [2.45, 2.75) is 24.4 Å². The van der Waals surface area contributed by atoms with Crippen molar-refractivity contribution in [2.24, 2.45) is 0 Å². The van der Waals surface area contributed by atoms with Gasteiger partial charge in [-0.2, -0.15) is 0 Å². The average Bonchev–Trinajstić information content (AvgIpc) is 3.19. The number of aromatic nitrogens is 2. The summed E-state index contributed by atoms with van der Waals surface area (Å²) in [6.45, 7) is 4.22. The van der Waals surface area contributed by atoms with E-state index >= 15 is 0 Å². The lowest BCUT2D eigenvalue weighted by atomic mass is 10.2. The van der Waals surface area contributed by atoms with Crippen molar-refractivity contribution in [2.75, 3.05) is 44.9 Å². The second kappa shape index (κ2) is 9.64. The summed E-state index contributed by atoms with van der Waals surface area (Å²) in [6, 6.07) is 7.67. The minimum Gasteiger partial charge on any atom is -0.493 e. The maximum Gasteiger partial charge on any atom is 0.189 e. The Morgan fingerprint density at radius 1 is 1.19 bits per heavy atom. The molecule has 0 amide bonds. The van der Waals surface area contributed by atoms with Gasteiger partial charge in [-0.05, 0) is 56.8 Å². The van der Waals surface area contributed by atoms with Gasteiger partial charge in [0.25, 0.3) is 0 Å². The van der Waals surface area contributed by atoms with Crippen LogP contribution < -0.4 is 14.8 Å². The number of anilines is 2. The molecule has 1 aromatic heterocycles. The van der Waals surface area contributed by atoms with Gasteiger partial charge in [-0.1, -0.05) is 11.8 Å². The zero-order valence-electron chi connectivity index (χ0n) is 15.4. The van der Waals surface area contributed by atoms with Gasteiger partial charge >= 0.3 is 0 Å². The average molecular weight is 375 g/mol. The fourth-order valence-corrected chi connectivity index (χ4v) is 3.36. The summed E-state index contributed by atoms with van der Waals surface area (Å²) in [5.74, 6) is 2.25. The molecule has 2 heterocycles. The molecule has 0 radical (unpaired) electrons. The molecule has 0 bridgehead atoms. The molecule has 26 heavy (non-hydrogen) atoms. The molecule has 0 unspecified atom stereocenters. The number of benzene rings is 1. The quantitative estimate of drug-likeness (QED) is 0.407. The van der Waals surface area contributed by atoms with Crippen LogP contribution in [-0.4, -0.2) is 54.5 Å². The fraction of sp³-hybridized carbons (Fsp3) is 0.474. The van der Waals surface area contributed by atoms with Crippen LogP contribution in [0.2, 0.25) is 0 Å². The largest absolute Gasteiger partial charge is 0.493 e. The molecule has 140 valence electrons. The van der Waals surface area contributed by atoms with Crippen LogP contribution >= 0.6 is 11.8 Å². The van der Waals surface area contributed by atoms with Gasteiger partial charge < -0.3 is 19.7 Å². The molecule has 1 aromatic carbocycles. The van der Waals surface area contributed by atoms with Crippen LogP contribution in [0.25, 0.3) is 0 Å². The highest BCUT2D eigenvalue weighted by Gasteiger charge is 2.11. The standard InChI is InChI=1S/C19H26N4O2S/c1-24-16-7-6-15(21-18-8-9-20-19(22-18)26-2)14-17(16)25-13-5-12-23-10-3-4-11-23/h6-9,14H,3-5,10-13H2,1-2H3,(H,20,21,22). The SMILES string of the molecule is COc1ccc(Nc2ccnc(SC)n2)cc1OCCCN1CCCC1. The van der Waals surface area contributed by atoms with E-state index < -0.39 is 0 Å². The Morgan fingerprint density at radius 2 is 2.04 bits per heavy atom. The number of hydrogen-bond donors (Lipinski definition) is 1. The third-order valence-corrected chi connectivity index (χ3v) is 4.89. The molecule has 7 heteroatoms. The molecule has 1 fully saturated rings. The number of hydrogen-bond acceptors (Lipinski definition) is 7. The third kappa shape index (κ3) is 5.25. The predicted octanol–water partition coefficient (Wildman–Crippen LogP) is 3.82. The topological polar surface area (TPSA) is 59.5 Å². The lowest BCUT2D eigenvalue weighted by molar-refractivity contribution is 0.254. The van der Waals surface area contributed by atoms with Crippen molar-refractivity contribution in [3.63, 3.8) is 0 Å². The zero-order chi connectivity index (χ0) is 18.2. The first kappa shape index (κ1) is 18.8. The molecule has 2 aromatic rings. The molecule has 1 aliphatic rings. The van der Waals surface area contributed by atoms with Crippen molar-refractivity contribution in [3.8, 4) is 11.5 Å². The van der Waals surface area contributed by atoms with E-state index in [2.05, 4.69) is 20.2 Å². The summed E-state index contributed by atoms with van der Waals surface area (Å²) >= 11 is 1.52. The van der Waals surface area contributed by atoms with Gasteiger partial charge in [0, 0.05) is 24.5 Å². The van der Waals surface area contributed by atoms with Gasteiger partial charge in [-0.3, -0.25) is 0 Å². The fourth-order valence-electron chi connectivity index (χ4n) is 3.00. The minimum atomic E-state index is 0.681. The van der Waals surface area contributed by atoms with E-state index in [4.69, 9.17) is 9.47 Å². The van der Waals surface area contributed by atoms with Crippen LogP contribution in [0.5, 0.6) is 11.5 Å². The van der Waals surface area contributed by atoms with E-state index in [1.165, 1.54) is 37.7 Å². The number of rotatable bonds is 9. The van der Waals surface area contributed by atoms with Crippen LogP contribution in [0.1, 0.15) is 19.3 Å². The maximum atomic E-state index is 5.98. The van der Waals surface area contributed by atoms with Crippen molar-refractivity contribution >= 4 is 23.3 Å². The van der Waals surface area contributed by atoms with Crippen molar-refractivity contribution in [1.82, 2.24) is 14.9 Å². The van der Waals surface area contributed by atoms with Gasteiger partial charge in [-0.15, -0.1) is 0 Å².